The molecule has 4 rings (SSSR count). The van der Waals surface area contributed by atoms with E-state index < -0.39 is 21.5 Å². The number of aromatic amines is 1. The van der Waals surface area contributed by atoms with Crippen LogP contribution in [0.1, 0.15) is 41.9 Å². The van der Waals surface area contributed by atoms with E-state index in [2.05, 4.69) is 11.6 Å². The number of amides is 1. The van der Waals surface area contributed by atoms with Gasteiger partial charge in [-0.15, -0.1) is 0 Å². The average Bonchev–Trinajstić information content (AvgIpc) is 3.16. The number of hydrogen-bond donors (Lipinski definition) is 3. The molecular weight excluding hydrogens is 438 g/mol. The SMILES string of the molecule is C=CS(=O)(=O)N(C)c1cccc(-c2ccc(C(N)=O)c3[nH]c4c(c23)CCC(C(C)(C)O)C4)c1. The number of nitrogens with two attached hydrogens (primary N) is 1. The second-order valence-electron chi connectivity index (χ2n) is 9.18. The number of aromatic nitrogens is 1. The van der Waals surface area contributed by atoms with Crippen LogP contribution in [0, 0.1) is 5.92 Å². The predicted molar refractivity (Wildman–Crippen MR) is 132 cm³/mol. The Morgan fingerprint density at radius 2 is 2.03 bits per heavy atom. The molecule has 3 aromatic rings. The van der Waals surface area contributed by atoms with E-state index in [0.717, 1.165) is 46.0 Å². The fraction of sp³-hybridized carbons (Fsp3) is 0.320. The summed E-state index contributed by atoms with van der Waals surface area (Å²) in [6.07, 6.45) is 2.25. The molecule has 8 heteroatoms. The Bertz CT molecular complexity index is 1370. The van der Waals surface area contributed by atoms with Crippen molar-refractivity contribution in [3.63, 3.8) is 0 Å². The normalized spacial score (nSPS) is 16.4. The summed E-state index contributed by atoms with van der Waals surface area (Å²) >= 11 is 0. The highest BCUT2D eigenvalue weighted by atomic mass is 32.2. The number of aryl methyl sites for hydroxylation is 1. The van der Waals surface area contributed by atoms with Gasteiger partial charge in [0.2, 0.25) is 0 Å². The van der Waals surface area contributed by atoms with Crippen molar-refractivity contribution in [1.82, 2.24) is 4.98 Å². The number of hydrogen-bond acceptors (Lipinski definition) is 4. The number of rotatable bonds is 6. The lowest BCUT2D eigenvalue weighted by Crippen LogP contribution is -2.34. The quantitative estimate of drug-likeness (QED) is 0.512. The van der Waals surface area contributed by atoms with Gasteiger partial charge in [-0.1, -0.05) is 24.8 Å². The van der Waals surface area contributed by atoms with Crippen molar-refractivity contribution in [1.29, 1.82) is 0 Å². The molecule has 1 amide bonds. The molecule has 0 fully saturated rings. The van der Waals surface area contributed by atoms with Gasteiger partial charge in [0.25, 0.3) is 15.9 Å². The Hall–Kier alpha value is -3.10. The average molecular weight is 468 g/mol. The molecule has 33 heavy (non-hydrogen) atoms. The molecule has 0 saturated carbocycles. The van der Waals surface area contributed by atoms with Crippen molar-refractivity contribution in [2.45, 2.75) is 38.7 Å². The van der Waals surface area contributed by atoms with Crippen LogP contribution in [0.25, 0.3) is 22.0 Å². The summed E-state index contributed by atoms with van der Waals surface area (Å²) < 4.78 is 25.7. The third-order valence-electron chi connectivity index (χ3n) is 6.72. The predicted octanol–water partition coefficient (Wildman–Crippen LogP) is 3.72. The number of aliphatic hydroxyl groups is 1. The molecule has 0 saturated heterocycles. The Kier molecular flexibility index (Phi) is 5.62. The number of fused-ring (bicyclic) bond motifs is 3. The highest BCUT2D eigenvalue weighted by Crippen LogP contribution is 2.41. The molecule has 1 atom stereocenters. The van der Waals surface area contributed by atoms with E-state index in [4.69, 9.17) is 5.73 Å². The summed E-state index contributed by atoms with van der Waals surface area (Å²) in [4.78, 5) is 15.6. The second kappa shape index (κ2) is 8.04. The lowest BCUT2D eigenvalue weighted by Gasteiger charge is -2.32. The topological polar surface area (TPSA) is 116 Å². The molecule has 4 N–H and O–H groups in total. The van der Waals surface area contributed by atoms with Gasteiger partial charge in [-0.05, 0) is 73.9 Å². The van der Waals surface area contributed by atoms with Crippen LogP contribution < -0.4 is 10.0 Å². The molecule has 1 aliphatic rings. The Labute approximate surface area is 194 Å². The van der Waals surface area contributed by atoms with Crippen molar-refractivity contribution >= 4 is 32.5 Å². The number of nitrogens with one attached hydrogen (secondary N) is 1. The molecule has 1 unspecified atom stereocenters. The van der Waals surface area contributed by atoms with Gasteiger partial charge in [0, 0.05) is 23.5 Å². The summed E-state index contributed by atoms with van der Waals surface area (Å²) in [5.74, 6) is -0.422. The fourth-order valence-corrected chi connectivity index (χ4v) is 5.35. The standard InChI is InChI=1S/C25H29N3O4S/c1-5-33(31,32)28(4)17-8-6-7-15(13-17)18-11-12-20(24(26)29)23-22(18)19-10-9-16(25(2,3)30)14-21(19)27-23/h5-8,11-13,16,27,30H,1,9-10,14H2,2-4H3,(H2,26,29). The smallest absolute Gasteiger partial charge is 0.256 e. The zero-order chi connectivity index (χ0) is 24.1. The number of sulfonamides is 1. The summed E-state index contributed by atoms with van der Waals surface area (Å²) in [5.41, 5.74) is 10.3. The molecule has 0 aliphatic heterocycles. The van der Waals surface area contributed by atoms with E-state index in [9.17, 15) is 18.3 Å². The third kappa shape index (κ3) is 4.05. The van der Waals surface area contributed by atoms with Crippen LogP contribution in [0.15, 0.2) is 48.4 Å². The Balaban J connectivity index is 1.91. The van der Waals surface area contributed by atoms with Crippen molar-refractivity contribution < 1.29 is 18.3 Å². The molecule has 1 heterocycles. The van der Waals surface area contributed by atoms with Gasteiger partial charge in [-0.25, -0.2) is 8.42 Å². The first-order valence-corrected chi connectivity index (χ1v) is 12.3. The minimum atomic E-state index is -3.63. The number of anilines is 1. The zero-order valence-corrected chi connectivity index (χ0v) is 19.9. The highest BCUT2D eigenvalue weighted by Gasteiger charge is 2.33. The number of carbonyl (C=O) groups excluding carboxylic acids is 1. The summed E-state index contributed by atoms with van der Waals surface area (Å²) in [6, 6.07) is 10.8. The van der Waals surface area contributed by atoms with Gasteiger partial charge in [0.15, 0.2) is 0 Å². The largest absolute Gasteiger partial charge is 0.390 e. The van der Waals surface area contributed by atoms with Gasteiger partial charge < -0.3 is 15.8 Å². The van der Waals surface area contributed by atoms with E-state index in [1.54, 1.807) is 18.2 Å². The van der Waals surface area contributed by atoms with Crippen molar-refractivity contribution in [2.24, 2.45) is 11.7 Å². The number of nitrogens with zero attached hydrogens (tertiary/aromatic N) is 1. The highest BCUT2D eigenvalue weighted by molar-refractivity contribution is 7.95. The lowest BCUT2D eigenvalue weighted by molar-refractivity contribution is 0.0107. The minimum Gasteiger partial charge on any atom is -0.390 e. The molecule has 2 aromatic carbocycles. The lowest BCUT2D eigenvalue weighted by atomic mass is 9.77. The second-order valence-corrected chi connectivity index (χ2v) is 11.1. The molecule has 1 aliphatic carbocycles. The Morgan fingerprint density at radius 1 is 1.30 bits per heavy atom. The van der Waals surface area contributed by atoms with Crippen molar-refractivity contribution in [3.05, 3.63) is 65.2 Å². The summed E-state index contributed by atoms with van der Waals surface area (Å²) in [5, 5.41) is 12.4. The first kappa shape index (κ1) is 23.1. The van der Waals surface area contributed by atoms with Crippen LogP contribution in [0.4, 0.5) is 5.69 Å². The zero-order valence-electron chi connectivity index (χ0n) is 19.1. The van der Waals surface area contributed by atoms with Crippen LogP contribution in [0.3, 0.4) is 0 Å². The third-order valence-corrected chi connectivity index (χ3v) is 8.11. The molecule has 0 spiro atoms. The number of H-pyrrole nitrogens is 1. The van der Waals surface area contributed by atoms with Crippen LogP contribution in [0.2, 0.25) is 0 Å². The number of benzene rings is 2. The minimum absolute atomic E-state index is 0.0969. The Morgan fingerprint density at radius 3 is 2.67 bits per heavy atom. The molecular formula is C25H29N3O4S. The summed E-state index contributed by atoms with van der Waals surface area (Å²) in [6.45, 7) is 7.04. The first-order valence-electron chi connectivity index (χ1n) is 10.8. The fourth-order valence-electron chi connectivity index (χ4n) is 4.72. The van der Waals surface area contributed by atoms with E-state index >= 15 is 0 Å². The monoisotopic (exact) mass is 467 g/mol. The molecule has 1 aromatic heterocycles. The number of primary amides is 1. The van der Waals surface area contributed by atoms with Gasteiger partial charge in [-0.3, -0.25) is 9.10 Å². The molecule has 0 bridgehead atoms. The van der Waals surface area contributed by atoms with Gasteiger partial charge >= 0.3 is 0 Å². The maximum Gasteiger partial charge on any atom is 0.256 e. The van der Waals surface area contributed by atoms with Crippen LogP contribution in [0.5, 0.6) is 0 Å². The molecule has 7 nitrogen and oxygen atoms in total. The van der Waals surface area contributed by atoms with Gasteiger partial charge in [0.05, 0.1) is 22.4 Å². The number of carbonyl (C=O) groups is 1. The van der Waals surface area contributed by atoms with E-state index in [1.165, 1.54) is 11.4 Å². The van der Waals surface area contributed by atoms with Crippen molar-refractivity contribution in [3.8, 4) is 11.1 Å². The van der Waals surface area contributed by atoms with E-state index in [1.807, 2.05) is 32.0 Å². The van der Waals surface area contributed by atoms with Crippen molar-refractivity contribution in [2.75, 3.05) is 11.4 Å². The van der Waals surface area contributed by atoms with Crippen LogP contribution >= 0.6 is 0 Å². The first-order chi connectivity index (χ1) is 15.4. The summed E-state index contributed by atoms with van der Waals surface area (Å²) in [7, 11) is -2.15. The molecule has 0 radical (unpaired) electrons. The van der Waals surface area contributed by atoms with Gasteiger partial charge in [-0.2, -0.15) is 0 Å². The van der Waals surface area contributed by atoms with E-state index in [0.29, 0.717) is 23.2 Å². The van der Waals surface area contributed by atoms with E-state index in [-0.39, 0.29) is 5.92 Å². The van der Waals surface area contributed by atoms with Gasteiger partial charge in [0.1, 0.15) is 0 Å². The maximum absolute atomic E-state index is 12.3. The van der Waals surface area contributed by atoms with Crippen LogP contribution in [-0.2, 0) is 22.9 Å². The molecule has 174 valence electrons. The maximum atomic E-state index is 12.3. The van der Waals surface area contributed by atoms with Crippen LogP contribution in [-0.4, -0.2) is 37.1 Å².